The van der Waals surface area contributed by atoms with Gasteiger partial charge in [0.1, 0.15) is 4.99 Å². The van der Waals surface area contributed by atoms with Crippen LogP contribution in [-0.2, 0) is 0 Å². The van der Waals surface area contributed by atoms with E-state index in [1.54, 1.807) is 18.2 Å². The number of hydrogen-bond acceptors (Lipinski definition) is 5. The highest BCUT2D eigenvalue weighted by Crippen LogP contribution is 2.34. The molecule has 1 heterocycles. The monoisotopic (exact) mass is 263 g/mol. The van der Waals surface area contributed by atoms with E-state index in [0.717, 1.165) is 0 Å². The number of methoxy groups -OCH3 is 1. The van der Waals surface area contributed by atoms with E-state index in [-0.39, 0.29) is 16.4 Å². The van der Waals surface area contributed by atoms with Crippen LogP contribution in [0, 0.1) is 10.1 Å². The molecule has 2 aromatic rings. The van der Waals surface area contributed by atoms with Gasteiger partial charge in [0.25, 0.3) is 0 Å². The number of aromatic nitrogens is 1. The van der Waals surface area contributed by atoms with Gasteiger partial charge in [-0.2, -0.15) is 0 Å². The maximum atomic E-state index is 11.1. The number of pyridine rings is 1. The molecule has 0 fully saturated rings. The molecule has 0 radical (unpaired) electrons. The molecule has 1 aromatic heterocycles. The summed E-state index contributed by atoms with van der Waals surface area (Å²) < 4.78 is 4.97. The number of nitro groups is 1. The molecule has 0 atom stereocenters. The molecule has 0 aliphatic heterocycles. The van der Waals surface area contributed by atoms with Crippen molar-refractivity contribution in [3.8, 4) is 5.75 Å². The standard InChI is InChI=1S/C11H9N3O3S/c1-17-9-5-4-7-6(10(9)14(15)16)2-3-8(13-7)11(12)18/h2-5H,1H3,(H2,12,18). The van der Waals surface area contributed by atoms with Gasteiger partial charge in [-0.05, 0) is 24.3 Å². The van der Waals surface area contributed by atoms with Crippen LogP contribution >= 0.6 is 12.2 Å². The minimum absolute atomic E-state index is 0.114. The molecule has 2 rings (SSSR count). The molecule has 7 heteroatoms. The Kier molecular flexibility index (Phi) is 3.07. The molecule has 0 spiro atoms. The third kappa shape index (κ3) is 1.95. The van der Waals surface area contributed by atoms with E-state index in [1.165, 1.54) is 13.2 Å². The minimum Gasteiger partial charge on any atom is -0.490 e. The zero-order valence-corrected chi connectivity index (χ0v) is 10.2. The van der Waals surface area contributed by atoms with Gasteiger partial charge >= 0.3 is 5.69 Å². The molecule has 0 bridgehead atoms. The van der Waals surface area contributed by atoms with Crippen LogP contribution in [0.1, 0.15) is 5.69 Å². The average molecular weight is 263 g/mol. The lowest BCUT2D eigenvalue weighted by Crippen LogP contribution is -2.11. The van der Waals surface area contributed by atoms with Crippen molar-refractivity contribution in [3.63, 3.8) is 0 Å². The third-order valence-corrected chi connectivity index (χ3v) is 2.67. The highest BCUT2D eigenvalue weighted by molar-refractivity contribution is 7.80. The second-order valence-corrected chi connectivity index (χ2v) is 3.94. The highest BCUT2D eigenvalue weighted by Gasteiger charge is 2.20. The fraction of sp³-hybridized carbons (Fsp3) is 0.0909. The van der Waals surface area contributed by atoms with Crippen LogP contribution in [-0.4, -0.2) is 22.0 Å². The maximum absolute atomic E-state index is 11.1. The lowest BCUT2D eigenvalue weighted by Gasteiger charge is -2.05. The lowest BCUT2D eigenvalue weighted by atomic mass is 10.1. The Morgan fingerprint density at radius 2 is 2.17 bits per heavy atom. The van der Waals surface area contributed by atoms with E-state index in [4.69, 9.17) is 22.7 Å². The molecule has 0 aliphatic rings. The molecule has 2 N–H and O–H groups in total. The number of fused-ring (bicyclic) bond motifs is 1. The summed E-state index contributed by atoms with van der Waals surface area (Å²) in [5.74, 6) is 0.192. The van der Waals surface area contributed by atoms with Gasteiger partial charge in [0.05, 0.1) is 28.6 Å². The summed E-state index contributed by atoms with van der Waals surface area (Å²) in [6, 6.07) is 6.24. The molecule has 0 saturated carbocycles. The molecular weight excluding hydrogens is 254 g/mol. The van der Waals surface area contributed by atoms with Gasteiger partial charge in [0, 0.05) is 0 Å². The normalized spacial score (nSPS) is 10.3. The molecule has 0 unspecified atom stereocenters. The first-order valence-corrected chi connectivity index (χ1v) is 5.37. The lowest BCUT2D eigenvalue weighted by molar-refractivity contribution is -0.383. The quantitative estimate of drug-likeness (QED) is 0.515. The molecule has 18 heavy (non-hydrogen) atoms. The number of nitro benzene ring substituents is 1. The predicted octanol–water partition coefficient (Wildman–Crippen LogP) is 1.79. The Bertz CT molecular complexity index is 657. The average Bonchev–Trinajstić information content (AvgIpc) is 2.36. The van der Waals surface area contributed by atoms with Crippen molar-refractivity contribution < 1.29 is 9.66 Å². The van der Waals surface area contributed by atoms with Crippen molar-refractivity contribution in [2.75, 3.05) is 7.11 Å². The zero-order valence-electron chi connectivity index (χ0n) is 9.41. The number of nitrogens with zero attached hydrogens (tertiary/aromatic N) is 2. The van der Waals surface area contributed by atoms with Gasteiger partial charge in [-0.25, -0.2) is 4.98 Å². The van der Waals surface area contributed by atoms with Crippen molar-refractivity contribution in [3.05, 3.63) is 40.1 Å². The second-order valence-electron chi connectivity index (χ2n) is 3.50. The Hall–Kier alpha value is -2.28. The first kappa shape index (κ1) is 12.2. The van der Waals surface area contributed by atoms with Crippen molar-refractivity contribution in [2.24, 2.45) is 5.73 Å². The zero-order chi connectivity index (χ0) is 13.3. The number of nitrogens with two attached hydrogens (primary N) is 1. The molecule has 0 aliphatic carbocycles. The number of rotatable bonds is 3. The van der Waals surface area contributed by atoms with E-state index in [2.05, 4.69) is 4.98 Å². The first-order chi connectivity index (χ1) is 8.54. The van der Waals surface area contributed by atoms with Crippen LogP contribution in [0.4, 0.5) is 5.69 Å². The summed E-state index contributed by atoms with van der Waals surface area (Å²) in [6.07, 6.45) is 0. The van der Waals surface area contributed by atoms with E-state index >= 15 is 0 Å². The van der Waals surface area contributed by atoms with E-state index in [9.17, 15) is 10.1 Å². The molecular formula is C11H9N3O3S. The predicted molar refractivity (Wildman–Crippen MR) is 70.8 cm³/mol. The summed E-state index contributed by atoms with van der Waals surface area (Å²) in [4.78, 5) is 14.9. The van der Waals surface area contributed by atoms with Crippen LogP contribution in [0.3, 0.4) is 0 Å². The van der Waals surface area contributed by atoms with Crippen LogP contribution in [0.5, 0.6) is 5.75 Å². The van der Waals surface area contributed by atoms with Crippen LogP contribution in [0.2, 0.25) is 0 Å². The van der Waals surface area contributed by atoms with Crippen molar-refractivity contribution in [1.29, 1.82) is 0 Å². The Morgan fingerprint density at radius 1 is 1.44 bits per heavy atom. The van der Waals surface area contributed by atoms with Crippen LogP contribution < -0.4 is 10.5 Å². The smallest absolute Gasteiger partial charge is 0.320 e. The largest absolute Gasteiger partial charge is 0.490 e. The molecule has 1 aromatic carbocycles. The van der Waals surface area contributed by atoms with Gasteiger partial charge in [-0.1, -0.05) is 12.2 Å². The van der Waals surface area contributed by atoms with Gasteiger partial charge in [0.15, 0.2) is 5.75 Å². The minimum atomic E-state index is -0.497. The Morgan fingerprint density at radius 3 is 2.72 bits per heavy atom. The summed E-state index contributed by atoms with van der Waals surface area (Å²) in [5, 5.41) is 11.4. The van der Waals surface area contributed by atoms with Gasteiger partial charge in [-0.3, -0.25) is 10.1 Å². The molecule has 0 saturated heterocycles. The van der Waals surface area contributed by atoms with Crippen LogP contribution in [0.25, 0.3) is 10.9 Å². The van der Waals surface area contributed by atoms with E-state index < -0.39 is 4.92 Å². The number of hydrogen-bond donors (Lipinski definition) is 1. The molecule has 92 valence electrons. The summed E-state index contributed by atoms with van der Waals surface area (Å²) in [7, 11) is 1.38. The van der Waals surface area contributed by atoms with Gasteiger partial charge in [0.2, 0.25) is 0 Å². The summed E-state index contributed by atoms with van der Waals surface area (Å²) >= 11 is 4.81. The maximum Gasteiger partial charge on any atom is 0.320 e. The fourth-order valence-corrected chi connectivity index (χ4v) is 1.77. The Labute approximate surface area is 108 Å². The fourth-order valence-electron chi connectivity index (χ4n) is 1.66. The van der Waals surface area contributed by atoms with Gasteiger partial charge in [-0.15, -0.1) is 0 Å². The second kappa shape index (κ2) is 4.53. The number of benzene rings is 1. The molecule has 0 amide bonds. The summed E-state index contributed by atoms with van der Waals surface area (Å²) in [6.45, 7) is 0. The number of ether oxygens (including phenoxy) is 1. The van der Waals surface area contributed by atoms with Crippen molar-refractivity contribution >= 4 is 33.8 Å². The van der Waals surface area contributed by atoms with E-state index in [0.29, 0.717) is 16.6 Å². The molecule has 6 nitrogen and oxygen atoms in total. The van der Waals surface area contributed by atoms with Crippen molar-refractivity contribution in [1.82, 2.24) is 4.98 Å². The van der Waals surface area contributed by atoms with Crippen molar-refractivity contribution in [2.45, 2.75) is 0 Å². The highest BCUT2D eigenvalue weighted by atomic mass is 32.1. The van der Waals surface area contributed by atoms with Gasteiger partial charge < -0.3 is 10.5 Å². The Balaban J connectivity index is 2.78. The van der Waals surface area contributed by atoms with Crippen LogP contribution in [0.15, 0.2) is 24.3 Å². The SMILES string of the molecule is COc1ccc2nc(C(N)=S)ccc2c1[N+](=O)[O-]. The third-order valence-electron chi connectivity index (χ3n) is 2.46. The number of thiocarbonyl (C=S) groups is 1. The summed E-state index contributed by atoms with van der Waals surface area (Å²) in [5.41, 5.74) is 6.23. The first-order valence-electron chi connectivity index (χ1n) is 4.96. The van der Waals surface area contributed by atoms with E-state index in [1.807, 2.05) is 0 Å². The topological polar surface area (TPSA) is 91.3 Å².